The fourth-order valence-electron chi connectivity index (χ4n) is 2.70. The Kier molecular flexibility index (Phi) is 7.34. The number of aromatic nitrogens is 2. The van der Waals surface area contributed by atoms with E-state index in [2.05, 4.69) is 15.3 Å². The van der Waals surface area contributed by atoms with Crippen LogP contribution in [0.3, 0.4) is 0 Å². The number of ether oxygens (including phenoxy) is 2. The molecular weight excluding hydrogens is 391 g/mol. The zero-order valence-electron chi connectivity index (χ0n) is 14.9. The predicted octanol–water partition coefficient (Wildman–Crippen LogP) is 2.68. The summed E-state index contributed by atoms with van der Waals surface area (Å²) in [7, 11) is 0. The molecule has 9 heteroatoms. The molecule has 1 amide bonds. The van der Waals surface area contributed by atoms with Crippen molar-refractivity contribution in [2.45, 2.75) is 13.2 Å². The summed E-state index contributed by atoms with van der Waals surface area (Å²) in [6, 6.07) is 6.65. The number of rotatable bonds is 8. The minimum atomic E-state index is -0.194. The van der Waals surface area contributed by atoms with Crippen LogP contribution in [0.2, 0.25) is 10.0 Å². The lowest BCUT2D eigenvalue weighted by atomic mass is 10.3. The number of amides is 1. The van der Waals surface area contributed by atoms with Crippen LogP contribution >= 0.6 is 23.2 Å². The van der Waals surface area contributed by atoms with E-state index in [4.69, 9.17) is 32.7 Å². The summed E-state index contributed by atoms with van der Waals surface area (Å²) in [5, 5.41) is 8.08. The van der Waals surface area contributed by atoms with E-state index >= 15 is 0 Å². The Balaban J connectivity index is 1.40. The van der Waals surface area contributed by atoms with Crippen LogP contribution in [0.4, 0.5) is 0 Å². The average molecular weight is 413 g/mol. The van der Waals surface area contributed by atoms with Crippen LogP contribution in [0.25, 0.3) is 0 Å². The SMILES string of the molecule is O=C(NCCCN1CCOCC1)c1ccn(COc2ccc(Cl)cc2Cl)n1. The summed E-state index contributed by atoms with van der Waals surface area (Å²) >= 11 is 11.9. The van der Waals surface area contributed by atoms with Crippen molar-refractivity contribution >= 4 is 29.1 Å². The van der Waals surface area contributed by atoms with E-state index in [1.807, 2.05) is 0 Å². The molecule has 1 aliphatic heterocycles. The van der Waals surface area contributed by atoms with E-state index in [1.54, 1.807) is 30.5 Å². The fraction of sp³-hybridized carbons (Fsp3) is 0.444. The highest BCUT2D eigenvalue weighted by molar-refractivity contribution is 6.35. The molecular formula is C18H22Cl2N4O3. The third-order valence-electron chi connectivity index (χ3n) is 4.16. The molecule has 1 aromatic heterocycles. The van der Waals surface area contributed by atoms with Crippen molar-refractivity contribution in [1.29, 1.82) is 0 Å². The predicted molar refractivity (Wildman–Crippen MR) is 104 cm³/mol. The second-order valence-corrected chi connectivity index (χ2v) is 7.00. The van der Waals surface area contributed by atoms with Crippen LogP contribution < -0.4 is 10.1 Å². The maximum Gasteiger partial charge on any atom is 0.271 e. The van der Waals surface area contributed by atoms with Gasteiger partial charge < -0.3 is 14.8 Å². The first-order chi connectivity index (χ1) is 13.1. The lowest BCUT2D eigenvalue weighted by Crippen LogP contribution is -2.38. The van der Waals surface area contributed by atoms with Gasteiger partial charge in [0.25, 0.3) is 5.91 Å². The highest BCUT2D eigenvalue weighted by Gasteiger charge is 2.12. The van der Waals surface area contributed by atoms with E-state index in [1.165, 1.54) is 4.68 Å². The summed E-state index contributed by atoms with van der Waals surface area (Å²) < 4.78 is 12.5. The van der Waals surface area contributed by atoms with Gasteiger partial charge in [0.2, 0.25) is 0 Å². The van der Waals surface area contributed by atoms with Gasteiger partial charge in [0.05, 0.1) is 18.2 Å². The molecule has 1 N–H and O–H groups in total. The monoisotopic (exact) mass is 412 g/mol. The van der Waals surface area contributed by atoms with Gasteiger partial charge in [0, 0.05) is 30.9 Å². The second-order valence-electron chi connectivity index (χ2n) is 6.15. The number of halogens is 2. The third kappa shape index (κ3) is 6.10. The van der Waals surface area contributed by atoms with Crippen LogP contribution in [0, 0.1) is 0 Å². The van der Waals surface area contributed by atoms with Crippen molar-refractivity contribution < 1.29 is 14.3 Å². The Hall–Kier alpha value is -1.80. The number of benzene rings is 1. The summed E-state index contributed by atoms with van der Waals surface area (Å²) in [6.07, 6.45) is 2.58. The molecule has 1 fully saturated rings. The largest absolute Gasteiger partial charge is 0.470 e. The molecule has 0 spiro atoms. The molecule has 146 valence electrons. The highest BCUT2D eigenvalue weighted by Crippen LogP contribution is 2.27. The molecule has 0 radical (unpaired) electrons. The summed E-state index contributed by atoms with van der Waals surface area (Å²) in [4.78, 5) is 14.5. The first kappa shape index (κ1) is 19.9. The topological polar surface area (TPSA) is 68.6 Å². The van der Waals surface area contributed by atoms with E-state index < -0.39 is 0 Å². The second kappa shape index (κ2) is 9.94. The number of carbonyl (C=O) groups is 1. The van der Waals surface area contributed by atoms with Crippen molar-refractivity contribution in [2.75, 3.05) is 39.4 Å². The Morgan fingerprint density at radius 1 is 1.26 bits per heavy atom. The number of nitrogens with one attached hydrogen (secondary N) is 1. The Morgan fingerprint density at radius 2 is 2.07 bits per heavy atom. The molecule has 3 rings (SSSR count). The average Bonchev–Trinajstić information content (AvgIpc) is 3.14. The molecule has 0 atom stereocenters. The van der Waals surface area contributed by atoms with Crippen molar-refractivity contribution in [2.24, 2.45) is 0 Å². The van der Waals surface area contributed by atoms with Crippen LogP contribution in [0.5, 0.6) is 5.75 Å². The van der Waals surface area contributed by atoms with Crippen LogP contribution in [0.1, 0.15) is 16.9 Å². The minimum Gasteiger partial charge on any atom is -0.470 e. The molecule has 27 heavy (non-hydrogen) atoms. The molecule has 1 aromatic carbocycles. The minimum absolute atomic E-state index is 0.145. The maximum atomic E-state index is 12.2. The van der Waals surface area contributed by atoms with Gasteiger partial charge in [-0.05, 0) is 37.2 Å². The van der Waals surface area contributed by atoms with Gasteiger partial charge in [0.1, 0.15) is 11.4 Å². The first-order valence-corrected chi connectivity index (χ1v) is 9.57. The Morgan fingerprint density at radius 3 is 2.85 bits per heavy atom. The zero-order valence-corrected chi connectivity index (χ0v) is 16.4. The molecule has 2 heterocycles. The smallest absolute Gasteiger partial charge is 0.271 e. The summed E-state index contributed by atoms with van der Waals surface area (Å²) in [5.41, 5.74) is 0.354. The van der Waals surface area contributed by atoms with E-state index in [-0.39, 0.29) is 12.6 Å². The molecule has 0 aliphatic carbocycles. The summed E-state index contributed by atoms with van der Waals surface area (Å²) in [5.74, 6) is 0.311. The number of hydrogen-bond acceptors (Lipinski definition) is 5. The van der Waals surface area contributed by atoms with Gasteiger partial charge in [-0.3, -0.25) is 9.69 Å². The van der Waals surface area contributed by atoms with Crippen LogP contribution in [-0.2, 0) is 11.5 Å². The number of nitrogens with zero attached hydrogens (tertiary/aromatic N) is 3. The Labute approximate surface area is 168 Å². The van der Waals surface area contributed by atoms with Crippen molar-refractivity contribution in [3.05, 3.63) is 46.2 Å². The zero-order chi connectivity index (χ0) is 19.1. The van der Waals surface area contributed by atoms with E-state index in [0.717, 1.165) is 39.3 Å². The summed E-state index contributed by atoms with van der Waals surface area (Å²) in [6.45, 7) is 5.19. The van der Waals surface area contributed by atoms with Gasteiger partial charge in [-0.2, -0.15) is 5.10 Å². The number of morpholine rings is 1. The van der Waals surface area contributed by atoms with Gasteiger partial charge in [0.15, 0.2) is 6.73 Å². The van der Waals surface area contributed by atoms with Crippen LogP contribution in [-0.4, -0.2) is 60.0 Å². The van der Waals surface area contributed by atoms with E-state index in [0.29, 0.717) is 28.0 Å². The quantitative estimate of drug-likeness (QED) is 0.674. The van der Waals surface area contributed by atoms with Gasteiger partial charge in [-0.1, -0.05) is 23.2 Å². The fourth-order valence-corrected chi connectivity index (χ4v) is 3.17. The first-order valence-electron chi connectivity index (χ1n) is 8.81. The molecule has 1 saturated heterocycles. The Bertz CT molecular complexity index is 763. The van der Waals surface area contributed by atoms with Gasteiger partial charge >= 0.3 is 0 Å². The lowest BCUT2D eigenvalue weighted by Gasteiger charge is -2.26. The number of hydrogen-bond donors (Lipinski definition) is 1. The molecule has 7 nitrogen and oxygen atoms in total. The molecule has 0 bridgehead atoms. The van der Waals surface area contributed by atoms with Crippen LogP contribution in [0.15, 0.2) is 30.5 Å². The van der Waals surface area contributed by atoms with E-state index in [9.17, 15) is 4.79 Å². The van der Waals surface area contributed by atoms with Gasteiger partial charge in [-0.15, -0.1) is 0 Å². The highest BCUT2D eigenvalue weighted by atomic mass is 35.5. The van der Waals surface area contributed by atoms with Gasteiger partial charge in [-0.25, -0.2) is 4.68 Å². The molecule has 0 unspecified atom stereocenters. The lowest BCUT2D eigenvalue weighted by molar-refractivity contribution is 0.0374. The standard InChI is InChI=1S/C18H22Cl2N4O3/c19-14-2-3-17(15(20)12-14)27-13-24-7-4-16(22-24)18(25)21-5-1-6-23-8-10-26-11-9-23/h2-4,7,12H,1,5-6,8-11,13H2,(H,21,25). The van der Waals surface area contributed by atoms with Crippen molar-refractivity contribution in [3.8, 4) is 5.75 Å². The maximum absolute atomic E-state index is 12.2. The van der Waals surface area contributed by atoms with Crippen molar-refractivity contribution in [3.63, 3.8) is 0 Å². The number of carbonyl (C=O) groups excluding carboxylic acids is 1. The normalized spacial score (nSPS) is 14.9. The van der Waals surface area contributed by atoms with Crippen molar-refractivity contribution in [1.82, 2.24) is 20.0 Å². The molecule has 0 saturated carbocycles. The molecule has 1 aliphatic rings. The molecule has 2 aromatic rings. The third-order valence-corrected chi connectivity index (χ3v) is 4.69.